The summed E-state index contributed by atoms with van der Waals surface area (Å²) in [6, 6.07) is 7.56. The minimum Gasteiger partial charge on any atom is -0.492 e. The van der Waals surface area contributed by atoms with Crippen LogP contribution in [0, 0.1) is 5.92 Å². The van der Waals surface area contributed by atoms with Crippen molar-refractivity contribution < 1.29 is 9.53 Å². The van der Waals surface area contributed by atoms with Gasteiger partial charge < -0.3 is 10.1 Å². The first kappa shape index (κ1) is 12.7. The summed E-state index contributed by atoms with van der Waals surface area (Å²) in [4.78, 5) is 12.1. The van der Waals surface area contributed by atoms with E-state index in [9.17, 15) is 4.79 Å². The Labute approximate surface area is 108 Å². The van der Waals surface area contributed by atoms with Crippen molar-refractivity contribution >= 4 is 11.6 Å². The first-order valence-corrected chi connectivity index (χ1v) is 6.49. The SMILES string of the molecule is CCOc1ccccc1NC(=O)[C@@H]1CC=CCC1. The second kappa shape index (κ2) is 6.24. The quantitative estimate of drug-likeness (QED) is 0.826. The molecule has 0 aromatic heterocycles. The number of rotatable bonds is 4. The molecular formula is C15H19NO2. The Morgan fingerprint density at radius 2 is 2.22 bits per heavy atom. The summed E-state index contributed by atoms with van der Waals surface area (Å²) in [5.41, 5.74) is 0.763. The van der Waals surface area contributed by atoms with E-state index in [4.69, 9.17) is 4.74 Å². The first-order chi connectivity index (χ1) is 8.81. The zero-order valence-corrected chi connectivity index (χ0v) is 10.7. The van der Waals surface area contributed by atoms with E-state index >= 15 is 0 Å². The number of amides is 1. The molecule has 3 nitrogen and oxygen atoms in total. The molecule has 0 radical (unpaired) electrons. The van der Waals surface area contributed by atoms with Gasteiger partial charge in [-0.05, 0) is 38.3 Å². The Kier molecular flexibility index (Phi) is 4.40. The van der Waals surface area contributed by atoms with Crippen molar-refractivity contribution in [3.63, 3.8) is 0 Å². The lowest BCUT2D eigenvalue weighted by Gasteiger charge is -2.18. The van der Waals surface area contributed by atoms with E-state index in [2.05, 4.69) is 17.5 Å². The molecule has 0 saturated carbocycles. The molecule has 96 valence electrons. The van der Waals surface area contributed by atoms with Crippen molar-refractivity contribution in [2.75, 3.05) is 11.9 Å². The summed E-state index contributed by atoms with van der Waals surface area (Å²) in [5, 5.41) is 2.97. The Bertz CT molecular complexity index is 440. The van der Waals surface area contributed by atoms with Crippen molar-refractivity contribution in [3.05, 3.63) is 36.4 Å². The lowest BCUT2D eigenvalue weighted by Crippen LogP contribution is -2.23. The molecule has 1 aliphatic carbocycles. The van der Waals surface area contributed by atoms with Gasteiger partial charge in [0.05, 0.1) is 12.3 Å². The predicted molar refractivity (Wildman–Crippen MR) is 72.7 cm³/mol. The Balaban J connectivity index is 2.04. The Hall–Kier alpha value is -1.77. The van der Waals surface area contributed by atoms with Gasteiger partial charge in [-0.2, -0.15) is 0 Å². The number of carbonyl (C=O) groups is 1. The second-order valence-electron chi connectivity index (χ2n) is 4.40. The molecule has 1 atom stereocenters. The summed E-state index contributed by atoms with van der Waals surface area (Å²) in [5.74, 6) is 0.913. The van der Waals surface area contributed by atoms with E-state index in [0.717, 1.165) is 30.7 Å². The number of ether oxygens (including phenoxy) is 1. The Morgan fingerprint density at radius 3 is 2.94 bits per heavy atom. The molecule has 1 aliphatic rings. The molecule has 1 aromatic rings. The molecule has 2 rings (SSSR count). The zero-order chi connectivity index (χ0) is 12.8. The normalized spacial score (nSPS) is 18.4. The largest absolute Gasteiger partial charge is 0.492 e. The van der Waals surface area contributed by atoms with Gasteiger partial charge in [0.2, 0.25) is 5.91 Å². The molecule has 0 fully saturated rings. The standard InChI is InChI=1S/C15H19NO2/c1-2-18-14-11-7-6-10-13(14)16-15(17)12-8-4-3-5-9-12/h3-4,6-7,10-12H,2,5,8-9H2,1H3,(H,16,17)/t12-/m1/s1. The number of carbonyl (C=O) groups excluding carboxylic acids is 1. The van der Waals surface area contributed by atoms with E-state index in [1.165, 1.54) is 0 Å². The molecule has 0 saturated heterocycles. The van der Waals surface area contributed by atoms with E-state index in [1.807, 2.05) is 31.2 Å². The van der Waals surface area contributed by atoms with Crippen LogP contribution < -0.4 is 10.1 Å². The van der Waals surface area contributed by atoms with E-state index in [-0.39, 0.29) is 11.8 Å². The van der Waals surface area contributed by atoms with Gasteiger partial charge in [0.15, 0.2) is 0 Å². The summed E-state index contributed by atoms with van der Waals surface area (Å²) in [7, 11) is 0. The van der Waals surface area contributed by atoms with Crippen LogP contribution in [0.15, 0.2) is 36.4 Å². The number of anilines is 1. The fraction of sp³-hybridized carbons (Fsp3) is 0.400. The van der Waals surface area contributed by atoms with Crippen LogP contribution in [0.5, 0.6) is 5.75 Å². The van der Waals surface area contributed by atoms with Gasteiger partial charge >= 0.3 is 0 Å². The molecule has 18 heavy (non-hydrogen) atoms. The summed E-state index contributed by atoms with van der Waals surface area (Å²) < 4.78 is 5.50. The van der Waals surface area contributed by atoms with Gasteiger partial charge in [0, 0.05) is 5.92 Å². The fourth-order valence-electron chi connectivity index (χ4n) is 2.12. The third-order valence-electron chi connectivity index (χ3n) is 3.08. The van der Waals surface area contributed by atoms with Crippen LogP contribution in [0.3, 0.4) is 0 Å². The molecule has 1 amide bonds. The number of benzene rings is 1. The monoisotopic (exact) mass is 245 g/mol. The molecule has 1 aromatic carbocycles. The van der Waals surface area contributed by atoms with Crippen molar-refractivity contribution in [2.45, 2.75) is 26.2 Å². The lowest BCUT2D eigenvalue weighted by molar-refractivity contribution is -0.120. The minimum atomic E-state index is 0.0877. The summed E-state index contributed by atoms with van der Waals surface area (Å²) in [6.45, 7) is 2.53. The van der Waals surface area contributed by atoms with E-state index in [1.54, 1.807) is 0 Å². The molecule has 3 heteroatoms. The second-order valence-corrected chi connectivity index (χ2v) is 4.40. The lowest BCUT2D eigenvalue weighted by atomic mass is 9.93. The van der Waals surface area contributed by atoms with Gasteiger partial charge in [0.25, 0.3) is 0 Å². The van der Waals surface area contributed by atoms with E-state index < -0.39 is 0 Å². The number of hydrogen-bond donors (Lipinski definition) is 1. The van der Waals surface area contributed by atoms with Crippen LogP contribution in [0.1, 0.15) is 26.2 Å². The molecule has 1 N–H and O–H groups in total. The zero-order valence-electron chi connectivity index (χ0n) is 10.7. The number of para-hydroxylation sites is 2. The maximum atomic E-state index is 12.1. The van der Waals surface area contributed by atoms with Crippen molar-refractivity contribution in [3.8, 4) is 5.75 Å². The average Bonchev–Trinajstić information content (AvgIpc) is 2.42. The maximum Gasteiger partial charge on any atom is 0.227 e. The van der Waals surface area contributed by atoms with Crippen molar-refractivity contribution in [1.29, 1.82) is 0 Å². The molecule has 0 spiro atoms. The van der Waals surface area contributed by atoms with Gasteiger partial charge in [-0.15, -0.1) is 0 Å². The van der Waals surface area contributed by atoms with Crippen LogP contribution in [0.2, 0.25) is 0 Å². The van der Waals surface area contributed by atoms with Crippen molar-refractivity contribution in [1.82, 2.24) is 0 Å². The van der Waals surface area contributed by atoms with Gasteiger partial charge in [0.1, 0.15) is 5.75 Å². The molecular weight excluding hydrogens is 226 g/mol. The topological polar surface area (TPSA) is 38.3 Å². The van der Waals surface area contributed by atoms with Gasteiger partial charge in [-0.1, -0.05) is 24.3 Å². The highest BCUT2D eigenvalue weighted by Gasteiger charge is 2.19. The number of nitrogens with one attached hydrogen (secondary N) is 1. The molecule has 0 heterocycles. The van der Waals surface area contributed by atoms with Gasteiger partial charge in [-0.25, -0.2) is 0 Å². The number of allylic oxidation sites excluding steroid dienone is 2. The van der Waals surface area contributed by atoms with Crippen LogP contribution >= 0.6 is 0 Å². The van der Waals surface area contributed by atoms with Crippen LogP contribution in [0.4, 0.5) is 5.69 Å². The van der Waals surface area contributed by atoms with Crippen LogP contribution in [0.25, 0.3) is 0 Å². The Morgan fingerprint density at radius 1 is 1.39 bits per heavy atom. The summed E-state index contributed by atoms with van der Waals surface area (Å²) in [6.07, 6.45) is 6.98. The molecule has 0 bridgehead atoms. The van der Waals surface area contributed by atoms with Gasteiger partial charge in [-0.3, -0.25) is 4.79 Å². The fourth-order valence-corrected chi connectivity index (χ4v) is 2.12. The average molecular weight is 245 g/mol. The summed E-state index contributed by atoms with van der Waals surface area (Å²) >= 11 is 0. The van der Waals surface area contributed by atoms with Crippen molar-refractivity contribution in [2.24, 2.45) is 5.92 Å². The van der Waals surface area contributed by atoms with Crippen LogP contribution in [-0.2, 0) is 4.79 Å². The third kappa shape index (κ3) is 3.13. The molecule has 0 aliphatic heterocycles. The maximum absolute atomic E-state index is 12.1. The van der Waals surface area contributed by atoms with Crippen LogP contribution in [-0.4, -0.2) is 12.5 Å². The predicted octanol–water partition coefficient (Wildman–Crippen LogP) is 3.38. The first-order valence-electron chi connectivity index (χ1n) is 6.49. The smallest absolute Gasteiger partial charge is 0.227 e. The highest BCUT2D eigenvalue weighted by molar-refractivity contribution is 5.94. The minimum absolute atomic E-state index is 0.0877. The van der Waals surface area contributed by atoms with E-state index in [0.29, 0.717) is 6.61 Å². The third-order valence-corrected chi connectivity index (χ3v) is 3.08. The molecule has 0 unspecified atom stereocenters. The highest BCUT2D eigenvalue weighted by Crippen LogP contribution is 2.26. The highest BCUT2D eigenvalue weighted by atomic mass is 16.5. The number of hydrogen-bond acceptors (Lipinski definition) is 2.